The summed E-state index contributed by atoms with van der Waals surface area (Å²) in [6.07, 6.45) is 6.52. The standard InChI is InChI=1S/C28H33N3O4.2C4H4O4/c32-27(31-15-17-33-18-16-31)20-30-13-11-29(12-14-30)19-24-21-34-28(35-24)25-7-3-1-5-22(25)9-10-23-6-2-4-8-26(23)28;2*5-3(6)1-2-4(7)8/h1-10,24H,11-21H2;2*1-2H,(H,5,6)(H,7,8)/b;2*2-1+. The van der Waals surface area contributed by atoms with E-state index < -0.39 is 29.7 Å². The first kappa shape index (κ1) is 38.6. The van der Waals surface area contributed by atoms with Crippen molar-refractivity contribution in [2.24, 2.45) is 0 Å². The number of morpholine rings is 1. The molecule has 0 radical (unpaired) electrons. The number of fused-ring (bicyclic) bond motifs is 4. The number of hydrogen-bond acceptors (Lipinski definition) is 10. The van der Waals surface area contributed by atoms with Crippen molar-refractivity contribution < 1.29 is 58.6 Å². The molecule has 3 aliphatic heterocycles. The van der Waals surface area contributed by atoms with Crippen LogP contribution in [-0.2, 0) is 44.0 Å². The van der Waals surface area contributed by atoms with Gasteiger partial charge < -0.3 is 39.5 Å². The molecule has 2 aromatic rings. The second kappa shape index (κ2) is 18.7. The van der Waals surface area contributed by atoms with Gasteiger partial charge in [0.1, 0.15) is 0 Å². The van der Waals surface area contributed by atoms with E-state index in [4.69, 9.17) is 34.6 Å². The van der Waals surface area contributed by atoms with Crippen molar-refractivity contribution >= 4 is 41.9 Å². The molecule has 15 heteroatoms. The number of ether oxygens (including phenoxy) is 3. The SMILES string of the molecule is O=C(CN1CCN(CC2COC3(O2)c2ccccc2C=Cc2ccccc23)CC1)N1CCOCC1.O=C(O)/C=C/C(=O)O.O=C(O)/C=C/C(=O)O. The molecular weight excluding hydrogens is 666 g/mol. The van der Waals surface area contributed by atoms with Crippen molar-refractivity contribution in [3.05, 3.63) is 95.1 Å². The van der Waals surface area contributed by atoms with Crippen LogP contribution in [0.25, 0.3) is 12.2 Å². The second-order valence-electron chi connectivity index (χ2n) is 11.8. The lowest BCUT2D eigenvalue weighted by molar-refractivity contribution is -0.145. The molecule has 1 aliphatic carbocycles. The maximum absolute atomic E-state index is 12.6. The predicted octanol–water partition coefficient (Wildman–Crippen LogP) is 1.69. The van der Waals surface area contributed by atoms with Gasteiger partial charge in [-0.15, -0.1) is 0 Å². The largest absolute Gasteiger partial charge is 0.478 e. The van der Waals surface area contributed by atoms with Crippen LogP contribution in [0.3, 0.4) is 0 Å². The third kappa shape index (κ3) is 11.4. The Labute approximate surface area is 294 Å². The Hall–Kier alpha value is -5.19. The first-order valence-electron chi connectivity index (χ1n) is 16.2. The highest BCUT2D eigenvalue weighted by Gasteiger charge is 2.48. The maximum atomic E-state index is 12.6. The molecule has 0 bridgehead atoms. The van der Waals surface area contributed by atoms with Crippen LogP contribution < -0.4 is 0 Å². The molecule has 6 rings (SSSR count). The van der Waals surface area contributed by atoms with Gasteiger partial charge in [0, 0.05) is 81.2 Å². The number of benzene rings is 2. The fourth-order valence-corrected chi connectivity index (χ4v) is 5.90. The molecule has 0 saturated carbocycles. The van der Waals surface area contributed by atoms with E-state index in [9.17, 15) is 24.0 Å². The van der Waals surface area contributed by atoms with Gasteiger partial charge in [-0.2, -0.15) is 0 Å². The van der Waals surface area contributed by atoms with Gasteiger partial charge in [0.2, 0.25) is 11.7 Å². The van der Waals surface area contributed by atoms with Crippen LogP contribution in [0.1, 0.15) is 22.3 Å². The van der Waals surface area contributed by atoms with E-state index in [0.29, 0.717) is 63.8 Å². The van der Waals surface area contributed by atoms with E-state index in [-0.39, 0.29) is 12.0 Å². The minimum atomic E-state index is -1.26. The van der Waals surface area contributed by atoms with Crippen molar-refractivity contribution in [1.29, 1.82) is 0 Å². The molecule has 1 amide bonds. The summed E-state index contributed by atoms with van der Waals surface area (Å²) in [5.74, 6) is -5.69. The average molecular weight is 708 g/mol. The van der Waals surface area contributed by atoms with Crippen LogP contribution in [0.4, 0.5) is 0 Å². The quantitative estimate of drug-likeness (QED) is 0.289. The third-order valence-corrected chi connectivity index (χ3v) is 8.26. The summed E-state index contributed by atoms with van der Waals surface area (Å²) in [6.45, 7) is 8.24. The molecule has 1 atom stereocenters. The Balaban J connectivity index is 0.000000305. The number of carboxylic acids is 4. The molecule has 1 unspecified atom stereocenters. The monoisotopic (exact) mass is 707 g/mol. The van der Waals surface area contributed by atoms with Gasteiger partial charge in [-0.05, 0) is 11.1 Å². The first-order chi connectivity index (χ1) is 24.5. The van der Waals surface area contributed by atoms with Gasteiger partial charge in [0.25, 0.3) is 0 Å². The lowest BCUT2D eigenvalue weighted by Crippen LogP contribution is -2.52. The normalized spacial score (nSPS) is 19.6. The number of nitrogens with zero attached hydrogens (tertiary/aromatic N) is 3. The molecular formula is C36H41N3O12. The lowest BCUT2D eigenvalue weighted by Gasteiger charge is -2.37. The molecule has 0 aromatic heterocycles. The third-order valence-electron chi connectivity index (χ3n) is 8.26. The van der Waals surface area contributed by atoms with Crippen LogP contribution >= 0.6 is 0 Å². The van der Waals surface area contributed by atoms with Crippen molar-refractivity contribution in [2.75, 3.05) is 72.2 Å². The minimum absolute atomic E-state index is 0.0178. The van der Waals surface area contributed by atoms with Crippen LogP contribution in [0, 0.1) is 0 Å². The Morgan fingerprint density at radius 2 is 1.12 bits per heavy atom. The Morgan fingerprint density at radius 1 is 0.667 bits per heavy atom. The molecule has 272 valence electrons. The van der Waals surface area contributed by atoms with Crippen LogP contribution in [0.5, 0.6) is 0 Å². The van der Waals surface area contributed by atoms with Crippen molar-refractivity contribution in [1.82, 2.24) is 14.7 Å². The molecule has 51 heavy (non-hydrogen) atoms. The molecule has 4 N–H and O–H groups in total. The number of carboxylic acid groups (broad SMARTS) is 4. The van der Waals surface area contributed by atoms with Gasteiger partial charge in [0.15, 0.2) is 0 Å². The highest BCUT2D eigenvalue weighted by Crippen LogP contribution is 2.45. The number of aliphatic carboxylic acids is 4. The van der Waals surface area contributed by atoms with E-state index >= 15 is 0 Å². The fraction of sp³-hybridized carbons (Fsp3) is 0.361. The number of carbonyl (C=O) groups excluding carboxylic acids is 1. The van der Waals surface area contributed by atoms with Crippen LogP contribution in [-0.4, -0.2) is 143 Å². The predicted molar refractivity (Wildman–Crippen MR) is 183 cm³/mol. The lowest BCUT2D eigenvalue weighted by atomic mass is 9.93. The Kier molecular flexibility index (Phi) is 14.2. The number of piperazine rings is 1. The average Bonchev–Trinajstić information content (AvgIpc) is 3.49. The second-order valence-corrected chi connectivity index (χ2v) is 11.8. The summed E-state index contributed by atoms with van der Waals surface area (Å²) >= 11 is 0. The van der Waals surface area contributed by atoms with Crippen LogP contribution in [0.15, 0.2) is 72.8 Å². The molecule has 2 aromatic carbocycles. The van der Waals surface area contributed by atoms with E-state index in [1.165, 1.54) is 0 Å². The van der Waals surface area contributed by atoms with E-state index in [1.807, 2.05) is 4.90 Å². The molecule has 1 spiro atoms. The zero-order chi connectivity index (χ0) is 36.8. The number of hydrogen-bond donors (Lipinski definition) is 4. The summed E-state index contributed by atoms with van der Waals surface area (Å²) < 4.78 is 18.7. The number of rotatable bonds is 8. The Morgan fingerprint density at radius 3 is 1.59 bits per heavy atom. The minimum Gasteiger partial charge on any atom is -0.478 e. The van der Waals surface area contributed by atoms with E-state index in [0.717, 1.165) is 55.0 Å². The van der Waals surface area contributed by atoms with Crippen molar-refractivity contribution in [3.8, 4) is 0 Å². The van der Waals surface area contributed by atoms with Gasteiger partial charge in [-0.3, -0.25) is 14.6 Å². The summed E-state index contributed by atoms with van der Waals surface area (Å²) in [6, 6.07) is 16.7. The van der Waals surface area contributed by atoms with E-state index in [2.05, 4.69) is 70.5 Å². The number of amides is 1. The molecule has 3 saturated heterocycles. The molecule has 3 heterocycles. The topological polar surface area (TPSA) is 204 Å². The molecule has 3 fully saturated rings. The van der Waals surface area contributed by atoms with E-state index in [1.54, 1.807) is 0 Å². The maximum Gasteiger partial charge on any atom is 0.328 e. The molecule has 15 nitrogen and oxygen atoms in total. The Bertz CT molecular complexity index is 1530. The van der Waals surface area contributed by atoms with Crippen molar-refractivity contribution in [2.45, 2.75) is 11.9 Å². The van der Waals surface area contributed by atoms with Gasteiger partial charge in [-0.25, -0.2) is 19.2 Å². The van der Waals surface area contributed by atoms with Gasteiger partial charge in [0.05, 0.1) is 32.5 Å². The smallest absolute Gasteiger partial charge is 0.328 e. The molecule has 4 aliphatic rings. The summed E-state index contributed by atoms with van der Waals surface area (Å²) in [5.41, 5.74) is 4.39. The highest BCUT2D eigenvalue weighted by molar-refractivity contribution is 5.90. The summed E-state index contributed by atoms with van der Waals surface area (Å²) in [7, 11) is 0. The fourth-order valence-electron chi connectivity index (χ4n) is 5.90. The van der Waals surface area contributed by atoms with Crippen molar-refractivity contribution in [3.63, 3.8) is 0 Å². The van der Waals surface area contributed by atoms with Crippen LogP contribution in [0.2, 0.25) is 0 Å². The van der Waals surface area contributed by atoms with Gasteiger partial charge in [-0.1, -0.05) is 60.7 Å². The first-order valence-corrected chi connectivity index (χ1v) is 16.2. The summed E-state index contributed by atoms with van der Waals surface area (Å²) in [5, 5.41) is 31.2. The van der Waals surface area contributed by atoms with Gasteiger partial charge >= 0.3 is 23.9 Å². The zero-order valence-electron chi connectivity index (χ0n) is 27.8. The zero-order valence-corrected chi connectivity index (χ0v) is 27.8. The summed E-state index contributed by atoms with van der Waals surface area (Å²) in [4.78, 5) is 57.5. The number of carbonyl (C=O) groups is 5. The highest BCUT2D eigenvalue weighted by atomic mass is 16.7.